The molecule has 11 nitrogen and oxygen atoms in total. The number of anilines is 1. The van der Waals surface area contributed by atoms with Crippen LogP contribution in [0.25, 0.3) is 0 Å². The smallest absolute Gasteiger partial charge is 0.329 e. The molecule has 4 aromatic rings. The third kappa shape index (κ3) is 8.23. The standard InChI is InChI=1S/C42H52ClN5O6S/c1-28(27-54-37-13-20-44-36-10-4-7-29(2)39(36)37)23-31-24-30-11-12-34(53-22-6-19-46-55(51,52)38-14-21-45-48(38)3)26-35(30)41(31)15-17-42(18-16-41,40(49)50)47-33-9-5-8-32(43)25-33/h5,8-9,11-14,20-21,25-26,28-29,31,46-47H,4,6-7,10,15-19,22-24,27H2,1-3H3,(H,49,50)/t28-,29-,31+,41?,42?/m1/s1. The van der Waals surface area contributed by atoms with Gasteiger partial charge in [-0.25, -0.2) is 17.9 Å². The van der Waals surface area contributed by atoms with Gasteiger partial charge in [0.1, 0.15) is 17.0 Å². The number of nitrogens with zero attached hydrogens (tertiary/aromatic N) is 3. The van der Waals surface area contributed by atoms with E-state index in [2.05, 4.69) is 46.1 Å². The molecule has 2 heterocycles. The summed E-state index contributed by atoms with van der Waals surface area (Å²) in [6.45, 7) is 5.68. The number of carbonyl (C=O) groups is 1. The summed E-state index contributed by atoms with van der Waals surface area (Å²) in [5.74, 6) is 1.82. The van der Waals surface area contributed by atoms with Crippen LogP contribution in [0.15, 0.2) is 72.0 Å². The quantitative estimate of drug-likeness (QED) is 0.103. The third-order valence-corrected chi connectivity index (χ3v) is 14.0. The van der Waals surface area contributed by atoms with Gasteiger partial charge in [0.15, 0.2) is 5.03 Å². The van der Waals surface area contributed by atoms with Gasteiger partial charge in [-0.05, 0) is 141 Å². The molecule has 3 atom stereocenters. The van der Waals surface area contributed by atoms with Crippen molar-refractivity contribution in [3.8, 4) is 11.5 Å². The number of ether oxygens (including phenoxy) is 2. The number of sulfonamides is 1. The largest absolute Gasteiger partial charge is 0.494 e. The van der Waals surface area contributed by atoms with E-state index in [1.54, 1.807) is 19.2 Å². The van der Waals surface area contributed by atoms with Gasteiger partial charge in [0.25, 0.3) is 10.0 Å². The van der Waals surface area contributed by atoms with Crippen molar-refractivity contribution in [3.05, 3.63) is 94.4 Å². The number of halogens is 1. The van der Waals surface area contributed by atoms with Crippen LogP contribution >= 0.6 is 11.6 Å². The van der Waals surface area contributed by atoms with Crippen molar-refractivity contribution in [2.24, 2.45) is 18.9 Å². The van der Waals surface area contributed by atoms with Crippen molar-refractivity contribution < 1.29 is 27.8 Å². The van der Waals surface area contributed by atoms with Crippen LogP contribution in [0.1, 0.15) is 93.5 Å². The number of benzene rings is 2. The number of hydrogen-bond donors (Lipinski definition) is 3. The molecular formula is C42H52ClN5O6S. The second-order valence-corrected chi connectivity index (χ2v) is 18.1. The lowest BCUT2D eigenvalue weighted by atomic mass is 9.59. The number of rotatable bonds is 15. The first-order valence-electron chi connectivity index (χ1n) is 19.5. The minimum atomic E-state index is -3.67. The second kappa shape index (κ2) is 16.2. The van der Waals surface area contributed by atoms with E-state index in [4.69, 9.17) is 21.1 Å². The number of carboxylic acid groups (broad SMARTS) is 1. The molecule has 0 amide bonds. The summed E-state index contributed by atoms with van der Waals surface area (Å²) >= 11 is 6.29. The summed E-state index contributed by atoms with van der Waals surface area (Å²) in [5, 5.41) is 18.7. The van der Waals surface area contributed by atoms with Crippen LogP contribution in [0.2, 0.25) is 5.02 Å². The molecule has 0 bridgehead atoms. The molecule has 3 aliphatic rings. The lowest BCUT2D eigenvalue weighted by Gasteiger charge is -2.47. The van der Waals surface area contributed by atoms with Crippen molar-refractivity contribution in [1.29, 1.82) is 0 Å². The summed E-state index contributed by atoms with van der Waals surface area (Å²) in [7, 11) is -2.08. The van der Waals surface area contributed by atoms with E-state index in [-0.39, 0.29) is 22.9 Å². The molecule has 7 rings (SSSR count). The minimum Gasteiger partial charge on any atom is -0.494 e. The Bertz CT molecular complexity index is 2110. The number of hydrogen-bond acceptors (Lipinski definition) is 8. The SMILES string of the molecule is C[C@@H](COc1ccnc2c1[C@H](C)CCC2)C[C@H]1Cc2ccc(OCCCNS(=O)(=O)c3ccnn3C)cc2C12CCC(Nc1cccc(Cl)c1)(C(=O)O)CC2. The van der Waals surface area contributed by atoms with Crippen molar-refractivity contribution >= 4 is 33.3 Å². The van der Waals surface area contributed by atoms with Crippen molar-refractivity contribution in [3.63, 3.8) is 0 Å². The van der Waals surface area contributed by atoms with Crippen LogP contribution in [-0.4, -0.2) is 59.6 Å². The van der Waals surface area contributed by atoms with Gasteiger partial charge in [0.05, 0.1) is 19.4 Å². The maximum atomic E-state index is 13.0. The Morgan fingerprint density at radius 1 is 1.09 bits per heavy atom. The van der Waals surface area contributed by atoms with E-state index in [0.717, 1.165) is 49.3 Å². The molecule has 0 unspecified atom stereocenters. The Labute approximate surface area is 329 Å². The van der Waals surface area contributed by atoms with Crippen LogP contribution in [-0.2, 0) is 40.1 Å². The topological polar surface area (TPSA) is 145 Å². The number of carboxylic acids is 1. The predicted molar refractivity (Wildman–Crippen MR) is 213 cm³/mol. The Kier molecular flexibility index (Phi) is 11.5. The van der Waals surface area contributed by atoms with Gasteiger partial charge < -0.3 is 19.9 Å². The molecule has 0 saturated heterocycles. The summed E-state index contributed by atoms with van der Waals surface area (Å²) in [6, 6.07) is 17.0. The molecule has 2 aromatic carbocycles. The summed E-state index contributed by atoms with van der Waals surface area (Å²) < 4.78 is 42.1. The van der Waals surface area contributed by atoms with Gasteiger partial charge in [-0.15, -0.1) is 0 Å². The van der Waals surface area contributed by atoms with E-state index < -0.39 is 21.5 Å². The third-order valence-electron chi connectivity index (χ3n) is 12.2. The summed E-state index contributed by atoms with van der Waals surface area (Å²) in [4.78, 5) is 17.7. The first-order valence-corrected chi connectivity index (χ1v) is 21.4. The molecule has 0 radical (unpaired) electrons. The zero-order valence-electron chi connectivity index (χ0n) is 31.9. The zero-order chi connectivity index (χ0) is 38.8. The Hall–Kier alpha value is -4.13. The molecule has 2 aromatic heterocycles. The molecule has 13 heteroatoms. The van der Waals surface area contributed by atoms with Crippen LogP contribution in [0.4, 0.5) is 5.69 Å². The fourth-order valence-electron chi connectivity index (χ4n) is 9.33. The van der Waals surface area contributed by atoms with Crippen LogP contribution in [0, 0.1) is 11.8 Å². The Morgan fingerprint density at radius 3 is 2.65 bits per heavy atom. The molecule has 1 fully saturated rings. The average Bonchev–Trinajstić information content (AvgIpc) is 3.72. The highest BCUT2D eigenvalue weighted by Crippen LogP contribution is 2.57. The van der Waals surface area contributed by atoms with E-state index in [9.17, 15) is 18.3 Å². The maximum Gasteiger partial charge on any atom is 0.329 e. The van der Waals surface area contributed by atoms with Gasteiger partial charge in [0.2, 0.25) is 0 Å². The lowest BCUT2D eigenvalue weighted by molar-refractivity contribution is -0.144. The van der Waals surface area contributed by atoms with Gasteiger partial charge in [-0.3, -0.25) is 9.67 Å². The van der Waals surface area contributed by atoms with E-state index in [1.165, 1.54) is 33.6 Å². The zero-order valence-corrected chi connectivity index (χ0v) is 33.5. The van der Waals surface area contributed by atoms with Crippen LogP contribution in [0.5, 0.6) is 11.5 Å². The average molecular weight is 790 g/mol. The lowest BCUT2D eigenvalue weighted by Crippen LogP contribution is -2.53. The molecule has 3 aliphatic carbocycles. The van der Waals surface area contributed by atoms with E-state index >= 15 is 0 Å². The molecule has 1 spiro atoms. The maximum absolute atomic E-state index is 13.0. The fourth-order valence-corrected chi connectivity index (χ4v) is 10.7. The Balaban J connectivity index is 1.07. The number of fused-ring (bicyclic) bond motifs is 3. The van der Waals surface area contributed by atoms with Crippen molar-refractivity contribution in [2.75, 3.05) is 25.1 Å². The highest BCUT2D eigenvalue weighted by Gasteiger charge is 2.54. The molecule has 3 N–H and O–H groups in total. The van der Waals surface area contributed by atoms with Crippen molar-refractivity contribution in [1.82, 2.24) is 19.5 Å². The van der Waals surface area contributed by atoms with Gasteiger partial charge in [0, 0.05) is 41.8 Å². The highest BCUT2D eigenvalue weighted by molar-refractivity contribution is 7.89. The first kappa shape index (κ1) is 39.1. The number of aromatic nitrogens is 3. The summed E-state index contributed by atoms with van der Waals surface area (Å²) in [6.07, 6.45) is 11.3. The monoisotopic (exact) mass is 789 g/mol. The molecule has 1 saturated carbocycles. The normalized spacial score (nSPS) is 23.9. The van der Waals surface area contributed by atoms with Crippen molar-refractivity contribution in [2.45, 2.75) is 100.0 Å². The second-order valence-electron chi connectivity index (χ2n) is 15.9. The summed E-state index contributed by atoms with van der Waals surface area (Å²) in [5.41, 5.74) is 4.27. The molecule has 55 heavy (non-hydrogen) atoms. The van der Waals surface area contributed by atoms with Crippen LogP contribution < -0.4 is 19.5 Å². The van der Waals surface area contributed by atoms with Crippen LogP contribution in [0.3, 0.4) is 0 Å². The van der Waals surface area contributed by atoms with Gasteiger partial charge >= 0.3 is 5.97 Å². The number of aliphatic carboxylic acids is 1. The number of aryl methyl sites for hydroxylation is 2. The highest BCUT2D eigenvalue weighted by atomic mass is 35.5. The van der Waals surface area contributed by atoms with E-state index in [1.807, 2.05) is 30.5 Å². The molecule has 294 valence electrons. The van der Waals surface area contributed by atoms with E-state index in [0.29, 0.717) is 67.9 Å². The first-order chi connectivity index (χ1) is 26.4. The predicted octanol–water partition coefficient (Wildman–Crippen LogP) is 7.68. The number of nitrogens with one attached hydrogen (secondary N) is 2. The fraction of sp³-hybridized carbons (Fsp3) is 0.500. The molecular weight excluding hydrogens is 738 g/mol. The molecule has 0 aliphatic heterocycles. The minimum absolute atomic E-state index is 0.112. The number of pyridine rings is 1. The van der Waals surface area contributed by atoms with Gasteiger partial charge in [-0.1, -0.05) is 37.6 Å². The Morgan fingerprint density at radius 2 is 1.91 bits per heavy atom. The van der Waals surface area contributed by atoms with Gasteiger partial charge in [-0.2, -0.15) is 5.10 Å².